The summed E-state index contributed by atoms with van der Waals surface area (Å²) in [6.07, 6.45) is 1.35. The third-order valence-corrected chi connectivity index (χ3v) is 6.43. The van der Waals surface area contributed by atoms with E-state index >= 15 is 0 Å². The van der Waals surface area contributed by atoms with Crippen LogP contribution in [0, 0.1) is 12.3 Å². The van der Waals surface area contributed by atoms with Gasteiger partial charge >= 0.3 is 0 Å². The van der Waals surface area contributed by atoms with E-state index < -0.39 is 0 Å². The average molecular weight is 418 g/mol. The normalized spacial score (nSPS) is 19.9. The zero-order chi connectivity index (χ0) is 21.0. The molecule has 1 aliphatic heterocycles. The first-order chi connectivity index (χ1) is 14.4. The van der Waals surface area contributed by atoms with E-state index in [4.69, 9.17) is 16.7 Å². The van der Waals surface area contributed by atoms with E-state index in [0.29, 0.717) is 11.4 Å². The smallest absolute Gasteiger partial charge is 0.162 e. The van der Waals surface area contributed by atoms with Gasteiger partial charge in [-0.15, -0.1) is 0 Å². The number of fused-ring (bicyclic) bond motifs is 1. The number of benzene rings is 2. The molecular formula is C25H24ClN3O. The molecule has 2 heterocycles. The van der Waals surface area contributed by atoms with Gasteiger partial charge in [0, 0.05) is 34.2 Å². The van der Waals surface area contributed by atoms with E-state index in [2.05, 4.69) is 19.2 Å². The fourth-order valence-corrected chi connectivity index (χ4v) is 5.09. The number of rotatable bonds is 2. The van der Waals surface area contributed by atoms with Crippen molar-refractivity contribution < 1.29 is 4.79 Å². The van der Waals surface area contributed by atoms with Gasteiger partial charge in [0.05, 0.1) is 11.4 Å². The minimum atomic E-state index is -0.217. The van der Waals surface area contributed by atoms with Crippen molar-refractivity contribution in [3.8, 4) is 5.69 Å². The van der Waals surface area contributed by atoms with Crippen LogP contribution in [0.5, 0.6) is 0 Å². The fourth-order valence-electron chi connectivity index (χ4n) is 4.85. The second-order valence-electron chi connectivity index (χ2n) is 9.01. The highest BCUT2D eigenvalue weighted by molar-refractivity contribution is 6.31. The first kappa shape index (κ1) is 19.1. The first-order valence-electron chi connectivity index (χ1n) is 10.3. The number of nitrogens with one attached hydrogen (secondary N) is 1. The molecule has 1 N–H and O–H groups in total. The molecule has 30 heavy (non-hydrogen) atoms. The lowest BCUT2D eigenvalue weighted by Crippen LogP contribution is -2.34. The van der Waals surface area contributed by atoms with Gasteiger partial charge in [0.2, 0.25) is 0 Å². The minimum Gasteiger partial charge on any atom is -0.343 e. The van der Waals surface area contributed by atoms with Crippen LogP contribution in [0.1, 0.15) is 49.4 Å². The van der Waals surface area contributed by atoms with Gasteiger partial charge in [-0.25, -0.2) is 4.68 Å². The van der Waals surface area contributed by atoms with Crippen LogP contribution in [0.2, 0.25) is 5.02 Å². The van der Waals surface area contributed by atoms with Crippen LogP contribution in [-0.2, 0) is 4.79 Å². The molecule has 5 heteroatoms. The van der Waals surface area contributed by atoms with Gasteiger partial charge in [0.25, 0.3) is 0 Å². The standard InChI is InChI=1S/C25H24ClN3O/c1-15-21-22(17-11-7-8-12-18(17)26)23-19(13-25(2,3)14-20(23)30)27-24(21)29(28-15)16-9-5-4-6-10-16/h4-12,22,27H,13-14H2,1-3H3/t22-/m0/s1. The quantitative estimate of drug-likeness (QED) is 0.553. The Morgan fingerprint density at radius 2 is 1.77 bits per heavy atom. The molecule has 1 aromatic heterocycles. The lowest BCUT2D eigenvalue weighted by molar-refractivity contribution is -0.118. The second-order valence-corrected chi connectivity index (χ2v) is 9.41. The largest absolute Gasteiger partial charge is 0.343 e. The molecular weight excluding hydrogens is 394 g/mol. The van der Waals surface area contributed by atoms with Gasteiger partial charge in [-0.2, -0.15) is 5.10 Å². The number of Topliss-reactive ketones (excluding diaryl/α,β-unsaturated/α-hetero) is 1. The van der Waals surface area contributed by atoms with Crippen LogP contribution in [-0.4, -0.2) is 15.6 Å². The number of aromatic nitrogens is 2. The number of hydrogen-bond acceptors (Lipinski definition) is 3. The van der Waals surface area contributed by atoms with Gasteiger partial charge in [-0.1, -0.05) is 61.8 Å². The monoisotopic (exact) mass is 417 g/mol. The van der Waals surface area contributed by atoms with E-state index in [1.165, 1.54) is 0 Å². The summed E-state index contributed by atoms with van der Waals surface area (Å²) < 4.78 is 1.95. The number of ketones is 1. The third-order valence-electron chi connectivity index (χ3n) is 6.09. The van der Waals surface area contributed by atoms with Crippen molar-refractivity contribution in [1.82, 2.24) is 9.78 Å². The second kappa shape index (κ2) is 6.85. The summed E-state index contributed by atoms with van der Waals surface area (Å²) in [5.74, 6) is 0.898. The van der Waals surface area contributed by atoms with Gasteiger partial charge < -0.3 is 5.32 Å². The molecule has 0 radical (unpaired) electrons. The van der Waals surface area contributed by atoms with E-state index in [1.807, 2.05) is 66.2 Å². The molecule has 152 valence electrons. The van der Waals surface area contributed by atoms with Crippen LogP contribution < -0.4 is 5.32 Å². The molecule has 1 atom stereocenters. The number of halogens is 1. The highest BCUT2D eigenvalue weighted by Gasteiger charge is 2.43. The minimum absolute atomic E-state index is 0.0852. The number of nitrogens with zero attached hydrogens (tertiary/aromatic N) is 2. The van der Waals surface area contributed by atoms with Crippen LogP contribution in [0.15, 0.2) is 65.9 Å². The Kier molecular flexibility index (Phi) is 4.37. The molecule has 4 nitrogen and oxygen atoms in total. The summed E-state index contributed by atoms with van der Waals surface area (Å²) in [6, 6.07) is 17.9. The average Bonchev–Trinajstić information content (AvgIpc) is 3.03. The highest BCUT2D eigenvalue weighted by Crippen LogP contribution is 2.51. The van der Waals surface area contributed by atoms with Crippen molar-refractivity contribution in [3.63, 3.8) is 0 Å². The zero-order valence-electron chi connectivity index (χ0n) is 17.4. The number of aryl methyl sites for hydroxylation is 1. The molecule has 0 unspecified atom stereocenters. The SMILES string of the molecule is Cc1nn(-c2ccccc2)c2c1[C@H](c1ccccc1Cl)C1=C(CC(C)(C)CC1=O)N2. The van der Waals surface area contributed by atoms with Crippen LogP contribution in [0.4, 0.5) is 5.82 Å². The van der Waals surface area contributed by atoms with Crippen molar-refractivity contribution in [2.24, 2.45) is 5.41 Å². The lowest BCUT2D eigenvalue weighted by Gasteiger charge is -2.39. The number of carbonyl (C=O) groups excluding carboxylic acids is 1. The molecule has 0 spiro atoms. The number of para-hydroxylation sites is 1. The maximum atomic E-state index is 13.4. The Morgan fingerprint density at radius 3 is 2.50 bits per heavy atom. The van der Waals surface area contributed by atoms with E-state index in [1.54, 1.807) is 0 Å². The van der Waals surface area contributed by atoms with E-state index in [0.717, 1.165) is 46.0 Å². The molecule has 2 aromatic carbocycles. The molecule has 0 fully saturated rings. The molecule has 0 bridgehead atoms. The van der Waals surface area contributed by atoms with Gasteiger partial charge in [0.1, 0.15) is 5.82 Å². The number of allylic oxidation sites excluding steroid dienone is 2. The first-order valence-corrected chi connectivity index (χ1v) is 10.7. The third kappa shape index (κ3) is 2.98. The maximum Gasteiger partial charge on any atom is 0.162 e. The zero-order valence-corrected chi connectivity index (χ0v) is 18.1. The summed E-state index contributed by atoms with van der Waals surface area (Å²) >= 11 is 6.65. The Balaban J connectivity index is 1.78. The van der Waals surface area contributed by atoms with E-state index in [-0.39, 0.29) is 17.1 Å². The molecule has 0 amide bonds. The van der Waals surface area contributed by atoms with Crippen LogP contribution >= 0.6 is 11.6 Å². The van der Waals surface area contributed by atoms with Crippen molar-refractivity contribution in [2.75, 3.05) is 5.32 Å². The Morgan fingerprint density at radius 1 is 1.07 bits per heavy atom. The molecule has 5 rings (SSSR count). The maximum absolute atomic E-state index is 13.4. The summed E-state index contributed by atoms with van der Waals surface area (Å²) in [5, 5.41) is 9.14. The van der Waals surface area contributed by atoms with Crippen LogP contribution in [0.25, 0.3) is 5.69 Å². The highest BCUT2D eigenvalue weighted by atomic mass is 35.5. The van der Waals surface area contributed by atoms with Crippen molar-refractivity contribution >= 4 is 23.2 Å². The summed E-state index contributed by atoms with van der Waals surface area (Å²) in [7, 11) is 0. The Hall–Kier alpha value is -2.85. The molecule has 2 aliphatic rings. The Labute approximate surface area is 181 Å². The predicted molar refractivity (Wildman–Crippen MR) is 120 cm³/mol. The molecule has 0 saturated carbocycles. The summed E-state index contributed by atoms with van der Waals surface area (Å²) in [5.41, 5.74) is 5.61. The van der Waals surface area contributed by atoms with Gasteiger partial charge in [-0.05, 0) is 42.5 Å². The van der Waals surface area contributed by atoms with Crippen molar-refractivity contribution in [3.05, 3.63) is 87.7 Å². The number of hydrogen-bond donors (Lipinski definition) is 1. The molecule has 1 aliphatic carbocycles. The van der Waals surface area contributed by atoms with Crippen LogP contribution in [0.3, 0.4) is 0 Å². The number of anilines is 1. The van der Waals surface area contributed by atoms with Gasteiger partial charge in [-0.3, -0.25) is 4.79 Å². The summed E-state index contributed by atoms with van der Waals surface area (Å²) in [4.78, 5) is 13.4. The number of carbonyl (C=O) groups is 1. The predicted octanol–water partition coefficient (Wildman–Crippen LogP) is 6.03. The topological polar surface area (TPSA) is 46.9 Å². The molecule has 0 saturated heterocycles. The lowest BCUT2D eigenvalue weighted by atomic mass is 9.69. The van der Waals surface area contributed by atoms with E-state index in [9.17, 15) is 4.79 Å². The fraction of sp³-hybridized carbons (Fsp3) is 0.280. The van der Waals surface area contributed by atoms with Gasteiger partial charge in [0.15, 0.2) is 5.78 Å². The van der Waals surface area contributed by atoms with Crippen molar-refractivity contribution in [1.29, 1.82) is 0 Å². The van der Waals surface area contributed by atoms with Crippen molar-refractivity contribution in [2.45, 2.75) is 39.5 Å². The molecule has 3 aromatic rings. The summed E-state index contributed by atoms with van der Waals surface area (Å²) in [6.45, 7) is 6.30. The Bertz CT molecular complexity index is 1190.